The Morgan fingerprint density at radius 2 is 1.13 bits per heavy atom. The Hall–Kier alpha value is -4.50. The number of ether oxygens (including phenoxy) is 3. The smallest absolute Gasteiger partial charge is 0.425 e. The molecule has 0 N–H and O–H groups in total. The first-order chi connectivity index (χ1) is 18.5. The summed E-state index contributed by atoms with van der Waals surface area (Å²) in [6.07, 6.45) is -2.44. The van der Waals surface area contributed by atoms with E-state index in [1.54, 1.807) is 48.5 Å². The zero-order valence-electron chi connectivity index (χ0n) is 20.5. The van der Waals surface area contributed by atoms with Gasteiger partial charge in [-0.05, 0) is 16.7 Å². The Kier molecular flexibility index (Phi) is 7.19. The normalized spacial score (nSPS) is 20.4. The topological polar surface area (TPSA) is 102 Å². The van der Waals surface area contributed by atoms with Gasteiger partial charge in [-0.1, -0.05) is 91.0 Å². The van der Waals surface area contributed by atoms with Gasteiger partial charge in [0.05, 0.1) is 12.7 Å². The van der Waals surface area contributed by atoms with Crippen LogP contribution in [-0.4, -0.2) is 45.6 Å². The molecule has 0 unspecified atom stereocenters. The molecule has 1 saturated heterocycles. The van der Waals surface area contributed by atoms with Gasteiger partial charge in [-0.3, -0.25) is 4.79 Å². The lowest BCUT2D eigenvalue weighted by atomic mass is 9.73. The fourth-order valence-electron chi connectivity index (χ4n) is 4.61. The number of hydrogen-bond acceptors (Lipinski definition) is 7. The summed E-state index contributed by atoms with van der Waals surface area (Å²) in [4.78, 5) is 53.9. The molecule has 3 aromatic rings. The van der Waals surface area contributed by atoms with Gasteiger partial charge in [0.25, 0.3) is 5.91 Å². The lowest BCUT2D eigenvalue weighted by Crippen LogP contribution is -2.63. The first-order valence-electron chi connectivity index (χ1n) is 12.2. The van der Waals surface area contributed by atoms with E-state index < -0.39 is 35.8 Å². The summed E-state index contributed by atoms with van der Waals surface area (Å²) in [6, 6.07) is 26.2. The van der Waals surface area contributed by atoms with Crippen LogP contribution in [0, 0.1) is 0 Å². The Labute approximate surface area is 219 Å². The van der Waals surface area contributed by atoms with Gasteiger partial charge in [-0.15, -0.1) is 0 Å². The highest BCUT2D eigenvalue weighted by Crippen LogP contribution is 2.46. The highest BCUT2D eigenvalue weighted by atomic mass is 16.6. The zero-order chi connectivity index (χ0) is 26.5. The minimum absolute atomic E-state index is 0.0489. The molecule has 0 aromatic heterocycles. The molecule has 1 aliphatic heterocycles. The van der Waals surface area contributed by atoms with Gasteiger partial charge in [0.15, 0.2) is 0 Å². The first-order valence-corrected chi connectivity index (χ1v) is 12.2. The molecule has 194 valence electrons. The molecule has 1 aliphatic carbocycles. The lowest BCUT2D eigenvalue weighted by molar-refractivity contribution is -0.147. The largest absolute Gasteiger partial charge is 0.444 e. The van der Waals surface area contributed by atoms with Gasteiger partial charge in [0.2, 0.25) is 0 Å². The van der Waals surface area contributed by atoms with Crippen LogP contribution in [0.4, 0.5) is 14.4 Å². The van der Waals surface area contributed by atoms with E-state index in [4.69, 9.17) is 14.2 Å². The van der Waals surface area contributed by atoms with E-state index >= 15 is 0 Å². The third-order valence-corrected chi connectivity index (χ3v) is 6.65. The molecule has 9 heteroatoms. The number of benzene rings is 3. The Balaban J connectivity index is 1.31. The average Bonchev–Trinajstić information content (AvgIpc) is 3.16. The Morgan fingerprint density at radius 1 is 0.684 bits per heavy atom. The number of carbonyl (C=O) groups excluding carboxylic acids is 4. The fraction of sp³-hybridized carbons (Fsp3) is 0.241. The van der Waals surface area contributed by atoms with Crippen LogP contribution in [-0.2, 0) is 38.8 Å². The van der Waals surface area contributed by atoms with Gasteiger partial charge < -0.3 is 14.2 Å². The van der Waals surface area contributed by atoms with Gasteiger partial charge in [0, 0.05) is 12.8 Å². The van der Waals surface area contributed by atoms with E-state index in [1.165, 1.54) is 0 Å². The maximum Gasteiger partial charge on any atom is 0.425 e. The van der Waals surface area contributed by atoms with Crippen molar-refractivity contribution >= 4 is 24.1 Å². The zero-order valence-corrected chi connectivity index (χ0v) is 20.5. The maximum absolute atomic E-state index is 13.5. The van der Waals surface area contributed by atoms with Crippen molar-refractivity contribution in [1.29, 1.82) is 0 Å². The van der Waals surface area contributed by atoms with Crippen molar-refractivity contribution in [2.45, 2.75) is 44.3 Å². The van der Waals surface area contributed by atoms with Crippen molar-refractivity contribution in [2.24, 2.45) is 0 Å². The van der Waals surface area contributed by atoms with Crippen LogP contribution in [0.3, 0.4) is 0 Å². The molecular weight excluding hydrogens is 488 g/mol. The number of carbonyl (C=O) groups is 4. The molecule has 1 spiro atoms. The number of imide groups is 4. The van der Waals surface area contributed by atoms with Gasteiger partial charge in [-0.2, -0.15) is 4.90 Å². The summed E-state index contributed by atoms with van der Waals surface area (Å²) < 4.78 is 16.5. The summed E-state index contributed by atoms with van der Waals surface area (Å²) in [5.74, 6) is -0.822. The minimum Gasteiger partial charge on any atom is -0.444 e. The molecule has 0 bridgehead atoms. The van der Waals surface area contributed by atoms with Crippen molar-refractivity contribution in [2.75, 3.05) is 0 Å². The molecule has 2 aliphatic rings. The minimum atomic E-state index is -1.57. The molecule has 0 atom stereocenters. The van der Waals surface area contributed by atoms with Crippen molar-refractivity contribution < 1.29 is 33.4 Å². The van der Waals surface area contributed by atoms with Crippen LogP contribution in [0.2, 0.25) is 0 Å². The summed E-state index contributed by atoms with van der Waals surface area (Å²) in [5.41, 5.74) is 0.779. The highest BCUT2D eigenvalue weighted by Gasteiger charge is 2.68. The molecule has 0 radical (unpaired) electrons. The molecule has 5 rings (SSSR count). The van der Waals surface area contributed by atoms with E-state index in [-0.39, 0.29) is 26.1 Å². The lowest BCUT2D eigenvalue weighted by Gasteiger charge is -2.45. The molecule has 3 aromatic carbocycles. The second-order valence-electron chi connectivity index (χ2n) is 9.20. The molecule has 1 heterocycles. The number of hydrogen-bond donors (Lipinski definition) is 0. The highest BCUT2D eigenvalue weighted by molar-refractivity contribution is 6.21. The third-order valence-electron chi connectivity index (χ3n) is 6.65. The maximum atomic E-state index is 13.5. The van der Waals surface area contributed by atoms with E-state index in [9.17, 15) is 19.2 Å². The number of amides is 5. The Bertz CT molecular complexity index is 1310. The molecule has 5 amide bonds. The molecular formula is C29H26N2O7. The molecule has 9 nitrogen and oxygen atoms in total. The third kappa shape index (κ3) is 5.01. The number of nitrogens with zero attached hydrogens (tertiary/aromatic N) is 2. The summed E-state index contributed by atoms with van der Waals surface area (Å²) in [5, 5.41) is 0. The Morgan fingerprint density at radius 3 is 1.63 bits per heavy atom. The molecule has 1 saturated carbocycles. The SMILES string of the molecule is O=C(OCc1ccccc1)N1C(=O)N(C(=O)OCc2ccccc2)[C@]2(C[C@H](OCc3ccccc3)C2)C1=O. The van der Waals surface area contributed by atoms with Crippen LogP contribution in [0.5, 0.6) is 0 Å². The van der Waals surface area contributed by atoms with Gasteiger partial charge in [-0.25, -0.2) is 19.3 Å². The predicted molar refractivity (Wildman–Crippen MR) is 134 cm³/mol. The van der Waals surface area contributed by atoms with Crippen LogP contribution in [0.1, 0.15) is 29.5 Å². The summed E-state index contributed by atoms with van der Waals surface area (Å²) in [6.45, 7) is 0.0795. The van der Waals surface area contributed by atoms with Crippen molar-refractivity contribution in [3.63, 3.8) is 0 Å². The second kappa shape index (κ2) is 10.9. The average molecular weight is 515 g/mol. The quantitative estimate of drug-likeness (QED) is 0.407. The second-order valence-corrected chi connectivity index (χ2v) is 9.20. The summed E-state index contributed by atoms with van der Waals surface area (Å²) >= 11 is 0. The van der Waals surface area contributed by atoms with E-state index in [0.717, 1.165) is 10.5 Å². The van der Waals surface area contributed by atoms with Gasteiger partial charge >= 0.3 is 18.2 Å². The first kappa shape index (κ1) is 25.2. The molecule has 2 fully saturated rings. The van der Waals surface area contributed by atoms with Crippen molar-refractivity contribution in [3.05, 3.63) is 108 Å². The van der Waals surface area contributed by atoms with Gasteiger partial charge in [0.1, 0.15) is 18.8 Å². The number of urea groups is 1. The van der Waals surface area contributed by atoms with E-state index in [0.29, 0.717) is 22.6 Å². The van der Waals surface area contributed by atoms with Crippen LogP contribution in [0.25, 0.3) is 0 Å². The van der Waals surface area contributed by atoms with Crippen LogP contribution in [0.15, 0.2) is 91.0 Å². The van der Waals surface area contributed by atoms with Crippen molar-refractivity contribution in [3.8, 4) is 0 Å². The fourth-order valence-corrected chi connectivity index (χ4v) is 4.61. The monoisotopic (exact) mass is 514 g/mol. The van der Waals surface area contributed by atoms with E-state index in [2.05, 4.69) is 0 Å². The van der Waals surface area contributed by atoms with Crippen molar-refractivity contribution in [1.82, 2.24) is 9.80 Å². The van der Waals surface area contributed by atoms with Crippen LogP contribution >= 0.6 is 0 Å². The number of rotatable bonds is 7. The predicted octanol–water partition coefficient (Wildman–Crippen LogP) is 5.04. The van der Waals surface area contributed by atoms with E-state index in [1.807, 2.05) is 42.5 Å². The summed E-state index contributed by atoms with van der Waals surface area (Å²) in [7, 11) is 0. The van der Waals surface area contributed by atoms with Crippen LogP contribution < -0.4 is 0 Å². The standard InChI is InChI=1S/C29H26N2O7/c32-25-29(16-24(17-29)36-18-21-10-4-1-5-11-21)31(28(35)38-20-23-14-8-3-9-15-23)26(33)30(25)27(34)37-19-22-12-6-2-7-13-22/h1-15,24H,16-20H2/t24-,29-. The molecule has 38 heavy (non-hydrogen) atoms.